The van der Waals surface area contributed by atoms with Crippen molar-refractivity contribution in [1.29, 1.82) is 0 Å². The second-order valence-electron chi connectivity index (χ2n) is 4.63. The minimum absolute atomic E-state index is 0.0312. The van der Waals surface area contributed by atoms with Crippen LogP contribution in [0.25, 0.3) is 0 Å². The Morgan fingerprint density at radius 1 is 1.40 bits per heavy atom. The van der Waals surface area contributed by atoms with Gasteiger partial charge in [0.1, 0.15) is 0 Å². The Kier molecular flexibility index (Phi) is 5.09. The zero-order valence-electron chi connectivity index (χ0n) is 10.1. The molecule has 0 heterocycles. The summed E-state index contributed by atoms with van der Waals surface area (Å²) in [5.41, 5.74) is 0. The van der Waals surface area contributed by atoms with Crippen molar-refractivity contribution in [2.24, 2.45) is 17.8 Å². The zero-order valence-corrected chi connectivity index (χ0v) is 10.1. The van der Waals surface area contributed by atoms with Crippen molar-refractivity contribution in [1.82, 2.24) is 5.32 Å². The highest BCUT2D eigenvalue weighted by atomic mass is 16.5. The van der Waals surface area contributed by atoms with Crippen molar-refractivity contribution in [2.45, 2.75) is 33.6 Å². The summed E-state index contributed by atoms with van der Waals surface area (Å²) in [5.74, 6) is 1.55. The van der Waals surface area contributed by atoms with Crippen LogP contribution in [-0.4, -0.2) is 25.7 Å². The van der Waals surface area contributed by atoms with Gasteiger partial charge in [0.2, 0.25) is 0 Å². The van der Waals surface area contributed by atoms with Gasteiger partial charge in [-0.1, -0.05) is 13.8 Å². The summed E-state index contributed by atoms with van der Waals surface area (Å²) in [6, 6.07) is 0. The highest BCUT2D eigenvalue weighted by Crippen LogP contribution is 2.35. The van der Waals surface area contributed by atoms with E-state index >= 15 is 0 Å². The predicted molar refractivity (Wildman–Crippen MR) is 60.6 cm³/mol. The molecule has 0 aliphatic heterocycles. The number of rotatable bonds is 7. The quantitative estimate of drug-likeness (QED) is 0.656. The second kappa shape index (κ2) is 6.11. The van der Waals surface area contributed by atoms with Gasteiger partial charge in [-0.25, -0.2) is 0 Å². The molecule has 1 rings (SSSR count). The molecule has 15 heavy (non-hydrogen) atoms. The summed E-state index contributed by atoms with van der Waals surface area (Å²) >= 11 is 0. The van der Waals surface area contributed by atoms with Crippen molar-refractivity contribution >= 4 is 5.97 Å². The van der Waals surface area contributed by atoms with Gasteiger partial charge in [-0.05, 0) is 38.1 Å². The first-order valence-corrected chi connectivity index (χ1v) is 6.02. The van der Waals surface area contributed by atoms with Gasteiger partial charge in [0.05, 0.1) is 12.5 Å². The van der Waals surface area contributed by atoms with E-state index in [0.29, 0.717) is 6.61 Å². The number of carbonyl (C=O) groups excluding carboxylic acids is 1. The van der Waals surface area contributed by atoms with Gasteiger partial charge in [0.15, 0.2) is 0 Å². The molecule has 2 atom stereocenters. The van der Waals surface area contributed by atoms with E-state index in [2.05, 4.69) is 12.2 Å². The number of ether oxygens (including phenoxy) is 1. The Morgan fingerprint density at radius 3 is 2.60 bits per heavy atom. The number of hydrogen-bond acceptors (Lipinski definition) is 3. The third-order valence-electron chi connectivity index (χ3n) is 3.03. The molecule has 3 nitrogen and oxygen atoms in total. The van der Waals surface area contributed by atoms with Crippen molar-refractivity contribution in [3.8, 4) is 0 Å². The SMILES string of the molecule is CCOC(=O)C(C)CNCC(C)C1CC1. The lowest BCUT2D eigenvalue weighted by Crippen LogP contribution is -2.31. The Bertz CT molecular complexity index is 202. The maximum absolute atomic E-state index is 11.3. The highest BCUT2D eigenvalue weighted by molar-refractivity contribution is 5.72. The number of nitrogens with one attached hydrogen (secondary N) is 1. The molecule has 0 radical (unpaired) electrons. The molecule has 88 valence electrons. The summed E-state index contributed by atoms with van der Waals surface area (Å²) < 4.78 is 4.94. The summed E-state index contributed by atoms with van der Waals surface area (Å²) in [6.07, 6.45) is 2.77. The molecule has 0 aromatic heterocycles. The zero-order chi connectivity index (χ0) is 11.3. The topological polar surface area (TPSA) is 38.3 Å². The Morgan fingerprint density at radius 2 is 2.07 bits per heavy atom. The van der Waals surface area contributed by atoms with Crippen LogP contribution in [0.5, 0.6) is 0 Å². The van der Waals surface area contributed by atoms with Gasteiger partial charge in [0.25, 0.3) is 0 Å². The van der Waals surface area contributed by atoms with E-state index < -0.39 is 0 Å². The first kappa shape index (κ1) is 12.5. The number of carbonyl (C=O) groups is 1. The van der Waals surface area contributed by atoms with E-state index in [1.165, 1.54) is 12.8 Å². The van der Waals surface area contributed by atoms with Crippen LogP contribution in [0.3, 0.4) is 0 Å². The van der Waals surface area contributed by atoms with Gasteiger partial charge in [-0.2, -0.15) is 0 Å². The van der Waals surface area contributed by atoms with Crippen molar-refractivity contribution in [2.75, 3.05) is 19.7 Å². The van der Waals surface area contributed by atoms with Crippen molar-refractivity contribution in [3.63, 3.8) is 0 Å². The molecule has 1 aliphatic rings. The third kappa shape index (κ3) is 4.65. The first-order valence-electron chi connectivity index (χ1n) is 6.02. The van der Waals surface area contributed by atoms with Crippen molar-refractivity contribution < 1.29 is 9.53 Å². The average molecular weight is 213 g/mol. The molecule has 1 fully saturated rings. The van der Waals surface area contributed by atoms with Gasteiger partial charge in [0, 0.05) is 6.54 Å². The molecule has 1 N–H and O–H groups in total. The fourth-order valence-corrected chi connectivity index (χ4v) is 1.73. The lowest BCUT2D eigenvalue weighted by molar-refractivity contribution is -0.147. The molecule has 1 aliphatic carbocycles. The van der Waals surface area contributed by atoms with Crippen LogP contribution in [0, 0.1) is 17.8 Å². The van der Waals surface area contributed by atoms with Crippen LogP contribution in [0.15, 0.2) is 0 Å². The summed E-state index contributed by atoms with van der Waals surface area (Å²) in [4.78, 5) is 11.3. The molecule has 0 bridgehead atoms. The summed E-state index contributed by atoms with van der Waals surface area (Å²) in [6.45, 7) is 8.26. The smallest absolute Gasteiger partial charge is 0.309 e. The van der Waals surface area contributed by atoms with Crippen LogP contribution in [-0.2, 0) is 9.53 Å². The maximum atomic E-state index is 11.3. The van der Waals surface area contributed by atoms with Crippen molar-refractivity contribution in [3.05, 3.63) is 0 Å². The summed E-state index contributed by atoms with van der Waals surface area (Å²) in [5, 5.41) is 3.34. The first-order chi connectivity index (χ1) is 7.15. The average Bonchev–Trinajstić information content (AvgIpc) is 3.00. The van der Waals surface area contributed by atoms with Crippen LogP contribution in [0.4, 0.5) is 0 Å². The van der Waals surface area contributed by atoms with Gasteiger partial charge < -0.3 is 10.1 Å². The predicted octanol–water partition coefficient (Wildman–Crippen LogP) is 1.82. The fourth-order valence-electron chi connectivity index (χ4n) is 1.73. The van der Waals surface area contributed by atoms with E-state index in [-0.39, 0.29) is 11.9 Å². The van der Waals surface area contributed by atoms with Crippen LogP contribution in [0.1, 0.15) is 33.6 Å². The van der Waals surface area contributed by atoms with Gasteiger partial charge in [-0.3, -0.25) is 4.79 Å². The van der Waals surface area contributed by atoms with E-state index in [1.807, 2.05) is 13.8 Å². The largest absolute Gasteiger partial charge is 0.466 e. The van der Waals surface area contributed by atoms with Crippen LogP contribution in [0.2, 0.25) is 0 Å². The highest BCUT2D eigenvalue weighted by Gasteiger charge is 2.27. The monoisotopic (exact) mass is 213 g/mol. The molecule has 0 amide bonds. The molecule has 0 aromatic rings. The third-order valence-corrected chi connectivity index (χ3v) is 3.03. The maximum Gasteiger partial charge on any atom is 0.309 e. The molecule has 0 aromatic carbocycles. The molecule has 2 unspecified atom stereocenters. The molecule has 1 saturated carbocycles. The second-order valence-corrected chi connectivity index (χ2v) is 4.63. The van der Waals surface area contributed by atoms with Gasteiger partial charge in [-0.15, -0.1) is 0 Å². The molecule has 0 spiro atoms. The minimum atomic E-state index is -0.0934. The standard InChI is InChI=1S/C12H23NO2/c1-4-15-12(14)10(3)8-13-7-9(2)11-5-6-11/h9-11,13H,4-8H2,1-3H3. The van der Waals surface area contributed by atoms with Crippen LogP contribution < -0.4 is 5.32 Å². The molecule has 0 saturated heterocycles. The minimum Gasteiger partial charge on any atom is -0.466 e. The normalized spacial score (nSPS) is 19.7. The molecular formula is C12H23NO2. The lowest BCUT2D eigenvalue weighted by Gasteiger charge is -2.14. The Balaban J connectivity index is 2.05. The van der Waals surface area contributed by atoms with E-state index in [4.69, 9.17) is 4.74 Å². The summed E-state index contributed by atoms with van der Waals surface area (Å²) in [7, 11) is 0. The Labute approximate surface area is 92.6 Å². The lowest BCUT2D eigenvalue weighted by atomic mass is 10.1. The Hall–Kier alpha value is -0.570. The molecule has 3 heteroatoms. The van der Waals surface area contributed by atoms with Crippen LogP contribution >= 0.6 is 0 Å². The van der Waals surface area contributed by atoms with Gasteiger partial charge >= 0.3 is 5.97 Å². The van der Waals surface area contributed by atoms with E-state index in [9.17, 15) is 4.79 Å². The fraction of sp³-hybridized carbons (Fsp3) is 0.917. The van der Waals surface area contributed by atoms with E-state index in [1.54, 1.807) is 0 Å². The molecular weight excluding hydrogens is 190 g/mol. The number of esters is 1. The van der Waals surface area contributed by atoms with E-state index in [0.717, 1.165) is 24.9 Å². The number of hydrogen-bond donors (Lipinski definition) is 1.